The van der Waals surface area contributed by atoms with Crippen molar-refractivity contribution in [1.82, 2.24) is 0 Å². The molecule has 3 N–H and O–H groups in total. The van der Waals surface area contributed by atoms with Crippen molar-refractivity contribution in [2.24, 2.45) is 5.92 Å². The fraction of sp³-hybridized carbons (Fsp3) is 0.250. The first-order valence-electron chi connectivity index (χ1n) is 3.53. The largest absolute Gasteiger partial charge is 0.481 e. The van der Waals surface area contributed by atoms with E-state index in [1.807, 2.05) is 0 Å². The molecule has 1 aliphatic rings. The van der Waals surface area contributed by atoms with E-state index in [9.17, 15) is 14.7 Å². The number of carboxylic acids is 2. The summed E-state index contributed by atoms with van der Waals surface area (Å²) < 4.78 is 0. The Labute approximate surface area is 73.6 Å². The number of aliphatic hydroxyl groups is 1. The minimum atomic E-state index is -2.33. The van der Waals surface area contributed by atoms with Gasteiger partial charge in [0.1, 0.15) is 5.92 Å². The molecule has 0 aromatic rings. The molecule has 0 fully saturated rings. The van der Waals surface area contributed by atoms with Gasteiger partial charge < -0.3 is 15.3 Å². The molecule has 0 saturated carbocycles. The van der Waals surface area contributed by atoms with Crippen LogP contribution in [0.5, 0.6) is 0 Å². The van der Waals surface area contributed by atoms with Gasteiger partial charge in [0.05, 0.1) is 0 Å². The van der Waals surface area contributed by atoms with E-state index in [1.54, 1.807) is 0 Å². The second-order valence-corrected chi connectivity index (χ2v) is 2.69. The summed E-state index contributed by atoms with van der Waals surface area (Å²) in [7, 11) is 0. The molecule has 1 aliphatic carbocycles. The lowest BCUT2D eigenvalue weighted by Crippen LogP contribution is -2.47. The van der Waals surface area contributed by atoms with Crippen LogP contribution in [0.4, 0.5) is 0 Å². The molecule has 0 radical (unpaired) electrons. The molecule has 2 unspecified atom stereocenters. The number of hydrogen-bond acceptors (Lipinski definition) is 3. The Morgan fingerprint density at radius 2 is 1.85 bits per heavy atom. The molecular formula is C8H8O5. The molecule has 0 bridgehead atoms. The molecule has 1 rings (SSSR count). The van der Waals surface area contributed by atoms with Gasteiger partial charge in [-0.3, -0.25) is 4.79 Å². The van der Waals surface area contributed by atoms with Crippen LogP contribution in [0.2, 0.25) is 0 Å². The Balaban J connectivity index is 3.07. The summed E-state index contributed by atoms with van der Waals surface area (Å²) in [4.78, 5) is 21.2. The van der Waals surface area contributed by atoms with E-state index >= 15 is 0 Å². The van der Waals surface area contributed by atoms with Crippen molar-refractivity contribution >= 4 is 11.9 Å². The number of rotatable bonds is 2. The molecule has 0 heterocycles. The first kappa shape index (κ1) is 9.47. The fourth-order valence-corrected chi connectivity index (χ4v) is 1.10. The van der Waals surface area contributed by atoms with Crippen LogP contribution in [0.25, 0.3) is 0 Å². The molecule has 0 amide bonds. The van der Waals surface area contributed by atoms with Gasteiger partial charge in [0.2, 0.25) is 0 Å². The molecule has 5 heteroatoms. The predicted octanol–water partition coefficient (Wildman–Crippen LogP) is -0.371. The van der Waals surface area contributed by atoms with Crippen LogP contribution in [0.3, 0.4) is 0 Å². The average Bonchev–Trinajstić information content (AvgIpc) is 2.04. The van der Waals surface area contributed by atoms with Gasteiger partial charge in [0.15, 0.2) is 5.60 Å². The van der Waals surface area contributed by atoms with E-state index < -0.39 is 23.5 Å². The zero-order valence-corrected chi connectivity index (χ0v) is 6.54. The molecule has 0 aliphatic heterocycles. The van der Waals surface area contributed by atoms with Crippen molar-refractivity contribution in [3.05, 3.63) is 24.3 Å². The van der Waals surface area contributed by atoms with Crippen molar-refractivity contribution in [3.8, 4) is 0 Å². The van der Waals surface area contributed by atoms with Crippen LogP contribution in [0.15, 0.2) is 24.3 Å². The van der Waals surface area contributed by atoms with E-state index in [2.05, 4.69) is 0 Å². The Bertz CT molecular complexity index is 304. The molecule has 13 heavy (non-hydrogen) atoms. The lowest BCUT2D eigenvalue weighted by molar-refractivity contribution is -0.165. The number of hydrogen-bond donors (Lipinski definition) is 3. The fourth-order valence-electron chi connectivity index (χ4n) is 1.10. The van der Waals surface area contributed by atoms with Gasteiger partial charge in [0.25, 0.3) is 0 Å². The van der Waals surface area contributed by atoms with Gasteiger partial charge in [-0.2, -0.15) is 0 Å². The third-order valence-electron chi connectivity index (χ3n) is 1.85. The summed E-state index contributed by atoms with van der Waals surface area (Å²) in [6.07, 6.45) is 4.77. The maximum atomic E-state index is 10.6. The van der Waals surface area contributed by atoms with Crippen molar-refractivity contribution in [3.63, 3.8) is 0 Å². The van der Waals surface area contributed by atoms with Gasteiger partial charge in [-0.1, -0.05) is 18.2 Å². The Kier molecular flexibility index (Phi) is 2.20. The minimum absolute atomic E-state index is 0.952. The van der Waals surface area contributed by atoms with Crippen molar-refractivity contribution < 1.29 is 24.9 Å². The van der Waals surface area contributed by atoms with Crippen LogP contribution in [-0.2, 0) is 9.59 Å². The molecule has 0 spiro atoms. The third-order valence-corrected chi connectivity index (χ3v) is 1.85. The van der Waals surface area contributed by atoms with Crippen LogP contribution >= 0.6 is 0 Å². The summed E-state index contributed by atoms with van der Waals surface area (Å²) >= 11 is 0. The predicted molar refractivity (Wildman–Crippen MR) is 42.0 cm³/mol. The summed E-state index contributed by atoms with van der Waals surface area (Å²) in [5.74, 6) is -4.37. The zero-order valence-electron chi connectivity index (χ0n) is 6.54. The molecular weight excluding hydrogens is 176 g/mol. The van der Waals surface area contributed by atoms with E-state index in [4.69, 9.17) is 10.2 Å². The number of aliphatic carboxylic acids is 2. The number of carbonyl (C=O) groups is 2. The van der Waals surface area contributed by atoms with Gasteiger partial charge in [-0.25, -0.2) is 4.79 Å². The smallest absolute Gasteiger partial charge is 0.341 e. The van der Waals surface area contributed by atoms with E-state index in [0.29, 0.717) is 0 Å². The summed E-state index contributed by atoms with van der Waals surface area (Å²) in [5.41, 5.74) is -2.33. The highest BCUT2D eigenvalue weighted by Gasteiger charge is 2.45. The molecule has 2 atom stereocenters. The van der Waals surface area contributed by atoms with Crippen molar-refractivity contribution in [1.29, 1.82) is 0 Å². The first-order valence-corrected chi connectivity index (χ1v) is 3.53. The molecule has 70 valence electrons. The van der Waals surface area contributed by atoms with E-state index in [0.717, 1.165) is 12.2 Å². The quantitative estimate of drug-likeness (QED) is 0.544. The lowest BCUT2D eigenvalue weighted by Gasteiger charge is -2.25. The van der Waals surface area contributed by atoms with Crippen LogP contribution in [-0.4, -0.2) is 32.9 Å². The second-order valence-electron chi connectivity index (χ2n) is 2.69. The second kappa shape index (κ2) is 3.02. The van der Waals surface area contributed by atoms with Gasteiger partial charge in [-0.05, 0) is 6.08 Å². The average molecular weight is 184 g/mol. The van der Waals surface area contributed by atoms with Gasteiger partial charge in [-0.15, -0.1) is 0 Å². The Hall–Kier alpha value is -1.62. The molecule has 0 saturated heterocycles. The lowest BCUT2D eigenvalue weighted by atomic mass is 9.84. The van der Waals surface area contributed by atoms with E-state index in [1.165, 1.54) is 12.2 Å². The van der Waals surface area contributed by atoms with Crippen LogP contribution in [0, 0.1) is 5.92 Å². The highest BCUT2D eigenvalue weighted by molar-refractivity contribution is 5.89. The third kappa shape index (κ3) is 1.46. The molecule has 0 aromatic heterocycles. The molecule has 5 nitrogen and oxygen atoms in total. The SMILES string of the molecule is O=C(O)C1C=CC=CC1(O)C(=O)O. The van der Waals surface area contributed by atoms with Crippen LogP contribution < -0.4 is 0 Å². The van der Waals surface area contributed by atoms with Crippen LogP contribution in [0.1, 0.15) is 0 Å². The Morgan fingerprint density at radius 1 is 1.23 bits per heavy atom. The van der Waals surface area contributed by atoms with Crippen molar-refractivity contribution in [2.75, 3.05) is 0 Å². The summed E-state index contributed by atoms with van der Waals surface area (Å²) in [6.45, 7) is 0. The maximum Gasteiger partial charge on any atom is 0.341 e. The van der Waals surface area contributed by atoms with Gasteiger partial charge >= 0.3 is 11.9 Å². The summed E-state index contributed by atoms with van der Waals surface area (Å²) in [6, 6.07) is 0. The normalized spacial score (nSPS) is 31.6. The minimum Gasteiger partial charge on any atom is -0.481 e. The molecule has 0 aromatic carbocycles. The highest BCUT2D eigenvalue weighted by atomic mass is 16.4. The number of allylic oxidation sites excluding steroid dienone is 2. The maximum absolute atomic E-state index is 10.6. The topological polar surface area (TPSA) is 94.8 Å². The van der Waals surface area contributed by atoms with Crippen molar-refractivity contribution in [2.45, 2.75) is 5.60 Å². The number of carboxylic acid groups (broad SMARTS) is 2. The highest BCUT2D eigenvalue weighted by Crippen LogP contribution is 2.25. The zero-order chi connectivity index (χ0) is 10.1. The standard InChI is InChI=1S/C8H8O5/c9-6(10)5-3-1-2-4-8(5,13)7(11)12/h1-5,13H,(H,9,10)(H,11,12). The van der Waals surface area contributed by atoms with E-state index in [-0.39, 0.29) is 0 Å². The Morgan fingerprint density at radius 3 is 2.23 bits per heavy atom. The van der Waals surface area contributed by atoms with Gasteiger partial charge in [0, 0.05) is 0 Å². The summed E-state index contributed by atoms with van der Waals surface area (Å²) in [5, 5.41) is 26.7. The monoisotopic (exact) mass is 184 g/mol. The first-order chi connectivity index (χ1) is 5.98.